The molecule has 3 atom stereocenters. The van der Waals surface area contributed by atoms with Gasteiger partial charge in [-0.3, -0.25) is 14.3 Å². The molecule has 0 spiro atoms. The van der Waals surface area contributed by atoms with E-state index in [1.54, 1.807) is 0 Å². The summed E-state index contributed by atoms with van der Waals surface area (Å²) in [7, 11) is 0. The van der Waals surface area contributed by atoms with Crippen LogP contribution >= 0.6 is 0 Å². The Labute approximate surface area is 117 Å². The number of rotatable bonds is 3. The normalized spacial score (nSPS) is 29.3. The van der Waals surface area contributed by atoms with Gasteiger partial charge in [0, 0.05) is 6.42 Å². The van der Waals surface area contributed by atoms with E-state index in [0.29, 0.717) is 0 Å². The number of nitrogens with one attached hydrogen (secondary N) is 1. The summed E-state index contributed by atoms with van der Waals surface area (Å²) in [5, 5.41) is 19.2. The Balaban J connectivity index is 2.05. The summed E-state index contributed by atoms with van der Waals surface area (Å²) in [4.78, 5) is 21.9. The van der Waals surface area contributed by atoms with Gasteiger partial charge in [-0.15, -0.1) is 0 Å². The molecule has 10 heteroatoms. The molecule has 0 bridgehead atoms. The second-order valence-electron chi connectivity index (χ2n) is 4.96. The van der Waals surface area contributed by atoms with Crippen LogP contribution in [0.1, 0.15) is 12.6 Å². The number of fused-ring (bicyclic) bond motifs is 1. The predicted octanol–water partition coefficient (Wildman–Crippen LogP) is -1.32. The van der Waals surface area contributed by atoms with Crippen LogP contribution in [0.3, 0.4) is 0 Å². The molecule has 1 unspecified atom stereocenters. The lowest BCUT2D eigenvalue weighted by molar-refractivity contribution is -0.136. The Hall–Kier alpha value is -2.04. The van der Waals surface area contributed by atoms with Crippen LogP contribution < -0.4 is 11.3 Å². The summed E-state index contributed by atoms with van der Waals surface area (Å²) < 4.78 is 19.9. The average molecular weight is 299 g/mol. The van der Waals surface area contributed by atoms with Crippen LogP contribution in [0, 0.1) is 0 Å². The summed E-state index contributed by atoms with van der Waals surface area (Å²) in [6.45, 7) is -1.70. The van der Waals surface area contributed by atoms with Crippen molar-refractivity contribution in [1.82, 2.24) is 19.5 Å². The van der Waals surface area contributed by atoms with Crippen LogP contribution in [0.5, 0.6) is 0 Å². The summed E-state index contributed by atoms with van der Waals surface area (Å²) >= 11 is 0. The molecule has 9 nitrogen and oxygen atoms in total. The maximum absolute atomic E-state index is 13.1. The van der Waals surface area contributed by atoms with Gasteiger partial charge in [0.2, 0.25) is 5.95 Å². The fourth-order valence-corrected chi connectivity index (χ4v) is 2.43. The number of aliphatic hydroxyl groups is 2. The van der Waals surface area contributed by atoms with Gasteiger partial charge in [0.05, 0.1) is 19.0 Å². The van der Waals surface area contributed by atoms with Gasteiger partial charge in [0.1, 0.15) is 18.5 Å². The number of aromatic nitrogens is 4. The quantitative estimate of drug-likeness (QED) is 0.551. The third-order valence-corrected chi connectivity index (χ3v) is 3.66. The summed E-state index contributed by atoms with van der Waals surface area (Å²) in [5.74, 6) is -0.0910. The molecule has 1 saturated heterocycles. The molecule has 1 fully saturated rings. The van der Waals surface area contributed by atoms with Gasteiger partial charge in [-0.2, -0.15) is 4.98 Å². The number of aliphatic hydroxyl groups excluding tert-OH is 2. The Morgan fingerprint density at radius 3 is 3.05 bits per heavy atom. The fraction of sp³-hybridized carbons (Fsp3) is 0.545. The molecule has 3 heterocycles. The van der Waals surface area contributed by atoms with E-state index in [4.69, 9.17) is 10.5 Å². The first-order valence-electron chi connectivity index (χ1n) is 6.26. The Bertz CT molecular complexity index is 725. The number of halogens is 1. The zero-order chi connectivity index (χ0) is 15.2. The van der Waals surface area contributed by atoms with E-state index in [1.807, 2.05) is 0 Å². The minimum absolute atomic E-state index is 0.0321. The number of ether oxygens (including phenoxy) is 1. The van der Waals surface area contributed by atoms with Gasteiger partial charge in [-0.05, 0) is 0 Å². The van der Waals surface area contributed by atoms with Gasteiger partial charge in [-0.1, -0.05) is 0 Å². The molecule has 2 aromatic rings. The highest BCUT2D eigenvalue weighted by atomic mass is 19.1. The van der Waals surface area contributed by atoms with Crippen molar-refractivity contribution in [2.45, 2.75) is 24.4 Å². The van der Waals surface area contributed by atoms with Crippen LogP contribution in [-0.4, -0.2) is 54.7 Å². The molecule has 0 amide bonds. The smallest absolute Gasteiger partial charge is 0.280 e. The van der Waals surface area contributed by atoms with Gasteiger partial charge < -0.3 is 20.7 Å². The molecular weight excluding hydrogens is 285 g/mol. The summed E-state index contributed by atoms with van der Waals surface area (Å²) in [6, 6.07) is 0. The number of nitrogens with zero attached hydrogens (tertiary/aromatic N) is 3. The van der Waals surface area contributed by atoms with Gasteiger partial charge in [0.15, 0.2) is 11.2 Å². The number of nitrogen functional groups attached to an aromatic ring is 1. The van der Waals surface area contributed by atoms with E-state index in [0.717, 1.165) is 0 Å². The van der Waals surface area contributed by atoms with E-state index < -0.39 is 36.8 Å². The number of anilines is 1. The molecule has 0 aliphatic carbocycles. The third kappa shape index (κ3) is 1.99. The molecule has 0 radical (unpaired) electrons. The lowest BCUT2D eigenvalue weighted by Crippen LogP contribution is -2.45. The van der Waals surface area contributed by atoms with Crippen molar-refractivity contribution in [3.63, 3.8) is 0 Å². The molecule has 2 aromatic heterocycles. The number of alkyl halides is 1. The Kier molecular flexibility index (Phi) is 3.15. The van der Waals surface area contributed by atoms with Crippen LogP contribution in [0.25, 0.3) is 11.2 Å². The molecule has 0 aromatic carbocycles. The lowest BCUT2D eigenvalue weighted by Gasteiger charge is -2.26. The van der Waals surface area contributed by atoms with Crippen LogP contribution in [0.4, 0.5) is 10.3 Å². The molecule has 5 N–H and O–H groups in total. The number of H-pyrrole nitrogens is 1. The van der Waals surface area contributed by atoms with Gasteiger partial charge >= 0.3 is 0 Å². The largest absolute Gasteiger partial charge is 0.393 e. The van der Waals surface area contributed by atoms with E-state index >= 15 is 0 Å². The van der Waals surface area contributed by atoms with E-state index in [1.165, 1.54) is 10.9 Å². The molecule has 0 saturated carbocycles. The van der Waals surface area contributed by atoms with Gasteiger partial charge in [-0.25, -0.2) is 9.37 Å². The van der Waals surface area contributed by atoms with Crippen LogP contribution in [-0.2, 0) is 4.74 Å². The van der Waals surface area contributed by atoms with Crippen molar-refractivity contribution in [2.24, 2.45) is 0 Å². The Morgan fingerprint density at radius 2 is 2.43 bits per heavy atom. The van der Waals surface area contributed by atoms with E-state index in [-0.39, 0.29) is 23.5 Å². The molecule has 3 rings (SSSR count). The highest BCUT2D eigenvalue weighted by Crippen LogP contribution is 2.37. The number of nitrogens with two attached hydrogens (primary N) is 1. The van der Waals surface area contributed by atoms with E-state index in [2.05, 4.69) is 15.0 Å². The molecule has 114 valence electrons. The molecular formula is C11H14FN5O4. The minimum atomic E-state index is -1.67. The Morgan fingerprint density at radius 1 is 1.67 bits per heavy atom. The van der Waals surface area contributed by atoms with Crippen molar-refractivity contribution < 1.29 is 19.3 Å². The molecule has 1 aliphatic rings. The van der Waals surface area contributed by atoms with Crippen LogP contribution in [0.2, 0.25) is 0 Å². The standard InChI is InChI=1S/C11H14FN5O4/c12-2-11(3-18)5(19)1-6(21-11)17-4-14-7-8(17)15-10(13)16-9(7)20/h4-6,18-19H,1-3H2,(H3,13,15,16,20)/t5?,6-,11-/m1/s1. The third-order valence-electron chi connectivity index (χ3n) is 3.66. The number of aromatic amines is 1. The second kappa shape index (κ2) is 4.76. The predicted molar refractivity (Wildman–Crippen MR) is 69.1 cm³/mol. The van der Waals surface area contributed by atoms with E-state index in [9.17, 15) is 19.4 Å². The highest BCUT2D eigenvalue weighted by molar-refractivity contribution is 5.70. The minimum Gasteiger partial charge on any atom is -0.393 e. The topological polar surface area (TPSA) is 139 Å². The monoisotopic (exact) mass is 299 g/mol. The average Bonchev–Trinajstić information content (AvgIpc) is 3.00. The maximum Gasteiger partial charge on any atom is 0.280 e. The molecule has 21 heavy (non-hydrogen) atoms. The fourth-order valence-electron chi connectivity index (χ4n) is 2.43. The van der Waals surface area contributed by atoms with Crippen molar-refractivity contribution in [3.8, 4) is 0 Å². The van der Waals surface area contributed by atoms with Crippen LogP contribution in [0.15, 0.2) is 11.1 Å². The summed E-state index contributed by atoms with van der Waals surface area (Å²) in [5.41, 5.74) is 3.53. The number of hydrogen-bond donors (Lipinski definition) is 4. The van der Waals surface area contributed by atoms with Crippen molar-refractivity contribution in [1.29, 1.82) is 0 Å². The second-order valence-corrected chi connectivity index (χ2v) is 4.96. The van der Waals surface area contributed by atoms with Crippen molar-refractivity contribution >= 4 is 17.1 Å². The zero-order valence-corrected chi connectivity index (χ0v) is 10.9. The zero-order valence-electron chi connectivity index (χ0n) is 10.9. The van der Waals surface area contributed by atoms with Crippen molar-refractivity contribution in [3.05, 3.63) is 16.7 Å². The van der Waals surface area contributed by atoms with Crippen molar-refractivity contribution in [2.75, 3.05) is 19.0 Å². The first kappa shape index (κ1) is 13.9. The first-order chi connectivity index (χ1) is 10.0. The maximum atomic E-state index is 13.1. The summed E-state index contributed by atoms with van der Waals surface area (Å²) in [6.07, 6.45) is -0.657. The van der Waals surface area contributed by atoms with Gasteiger partial charge in [0.25, 0.3) is 5.56 Å². The molecule has 1 aliphatic heterocycles. The lowest BCUT2D eigenvalue weighted by atomic mass is 10.00. The highest BCUT2D eigenvalue weighted by Gasteiger charge is 2.49. The number of hydrogen-bond acceptors (Lipinski definition) is 7. The SMILES string of the molecule is Nc1nc2c(ncn2[C@H]2CC(O)[C@](CO)(CF)O2)c(=O)[nH]1. The first-order valence-corrected chi connectivity index (χ1v) is 6.26. The number of imidazole rings is 1.